The van der Waals surface area contributed by atoms with Gasteiger partial charge in [0.2, 0.25) is 0 Å². The minimum absolute atomic E-state index is 0.228. The Kier molecular flexibility index (Phi) is 3.93. The third kappa shape index (κ3) is 3.39. The molecule has 0 heterocycles. The fourth-order valence-electron chi connectivity index (χ4n) is 2.20. The molecule has 0 aliphatic carbocycles. The van der Waals surface area contributed by atoms with E-state index < -0.39 is 11.9 Å². The fraction of sp³-hybridized carbons (Fsp3) is 0.125. The highest BCUT2D eigenvalue weighted by Crippen LogP contribution is 2.22. The van der Waals surface area contributed by atoms with Crippen LogP contribution in [0.25, 0.3) is 0 Å². The fourth-order valence-corrected chi connectivity index (χ4v) is 2.20. The van der Waals surface area contributed by atoms with Gasteiger partial charge < -0.3 is 15.5 Å². The first-order chi connectivity index (χ1) is 9.86. The predicted molar refractivity (Wildman–Crippen MR) is 79.6 cm³/mol. The summed E-state index contributed by atoms with van der Waals surface area (Å²) in [5, 5.41) is 21.2. The number of hydrogen-bond donors (Lipinski definition) is 3. The molecule has 2 aromatic carbocycles. The van der Waals surface area contributed by atoms with E-state index in [-0.39, 0.29) is 11.1 Å². The maximum absolute atomic E-state index is 11.1. The normalized spacial score (nSPS) is 10.2. The molecule has 0 aliphatic rings. The maximum atomic E-state index is 11.1. The molecule has 0 saturated heterocycles. The number of aromatic carboxylic acids is 2. The van der Waals surface area contributed by atoms with Crippen LogP contribution in [0.3, 0.4) is 0 Å². The summed E-state index contributed by atoms with van der Waals surface area (Å²) in [4.78, 5) is 22.1. The highest BCUT2D eigenvalue weighted by atomic mass is 16.4. The molecule has 5 heteroatoms. The SMILES string of the molecule is Cc1cc(C)cc(Nc2ccc(C(=O)O)c(C(=O)O)c2)c1. The number of carbonyl (C=O) groups is 2. The summed E-state index contributed by atoms with van der Waals surface area (Å²) in [6.07, 6.45) is 0. The van der Waals surface area contributed by atoms with Gasteiger partial charge in [0.25, 0.3) is 0 Å². The first-order valence-corrected chi connectivity index (χ1v) is 6.33. The molecular weight excluding hydrogens is 270 g/mol. The molecule has 0 radical (unpaired) electrons. The van der Waals surface area contributed by atoms with Gasteiger partial charge in [-0.2, -0.15) is 0 Å². The topological polar surface area (TPSA) is 86.6 Å². The molecule has 0 amide bonds. The summed E-state index contributed by atoms with van der Waals surface area (Å²) in [6, 6.07) is 10.0. The molecule has 0 aromatic heterocycles. The van der Waals surface area contributed by atoms with Gasteiger partial charge in [-0.3, -0.25) is 0 Å². The van der Waals surface area contributed by atoms with Crippen LogP contribution in [-0.2, 0) is 0 Å². The van der Waals surface area contributed by atoms with Gasteiger partial charge in [-0.1, -0.05) is 6.07 Å². The van der Waals surface area contributed by atoms with Gasteiger partial charge in [-0.05, 0) is 55.3 Å². The molecule has 0 spiro atoms. The van der Waals surface area contributed by atoms with Crippen molar-refractivity contribution in [3.05, 3.63) is 58.7 Å². The van der Waals surface area contributed by atoms with Crippen LogP contribution in [0.4, 0.5) is 11.4 Å². The zero-order valence-corrected chi connectivity index (χ0v) is 11.7. The molecule has 5 nitrogen and oxygen atoms in total. The number of carboxylic acids is 2. The molecule has 2 aromatic rings. The van der Waals surface area contributed by atoms with Crippen LogP contribution in [0.15, 0.2) is 36.4 Å². The highest BCUT2D eigenvalue weighted by Gasteiger charge is 2.16. The van der Waals surface area contributed by atoms with Crippen molar-refractivity contribution >= 4 is 23.3 Å². The summed E-state index contributed by atoms with van der Waals surface area (Å²) in [5.41, 5.74) is 3.05. The number of rotatable bonds is 4. The predicted octanol–water partition coefficient (Wildman–Crippen LogP) is 3.44. The van der Waals surface area contributed by atoms with Gasteiger partial charge in [-0.25, -0.2) is 9.59 Å². The van der Waals surface area contributed by atoms with E-state index in [4.69, 9.17) is 10.2 Å². The number of aryl methyl sites for hydroxylation is 2. The Balaban J connectivity index is 2.39. The minimum Gasteiger partial charge on any atom is -0.478 e. The quantitative estimate of drug-likeness (QED) is 0.801. The van der Waals surface area contributed by atoms with Crippen LogP contribution in [0, 0.1) is 13.8 Å². The van der Waals surface area contributed by atoms with Crippen LogP contribution < -0.4 is 5.32 Å². The molecule has 0 aliphatic heterocycles. The van der Waals surface area contributed by atoms with Gasteiger partial charge in [-0.15, -0.1) is 0 Å². The van der Waals surface area contributed by atoms with Crippen LogP contribution in [0.2, 0.25) is 0 Å². The molecule has 0 bridgehead atoms. The molecule has 2 rings (SSSR count). The summed E-state index contributed by atoms with van der Waals surface area (Å²) in [5.74, 6) is -2.53. The largest absolute Gasteiger partial charge is 0.478 e. The van der Waals surface area contributed by atoms with Crippen molar-refractivity contribution in [1.82, 2.24) is 0 Å². The maximum Gasteiger partial charge on any atom is 0.336 e. The zero-order chi connectivity index (χ0) is 15.6. The first kappa shape index (κ1) is 14.6. The van der Waals surface area contributed by atoms with Crippen molar-refractivity contribution in [3.63, 3.8) is 0 Å². The Hall–Kier alpha value is -2.82. The molecular formula is C16H15NO4. The second kappa shape index (κ2) is 5.66. The lowest BCUT2D eigenvalue weighted by molar-refractivity contribution is 0.0651. The Labute approximate surface area is 121 Å². The van der Waals surface area contributed by atoms with E-state index in [1.54, 1.807) is 6.07 Å². The van der Waals surface area contributed by atoms with Gasteiger partial charge in [0.05, 0.1) is 11.1 Å². The molecule has 108 valence electrons. The van der Waals surface area contributed by atoms with E-state index in [0.717, 1.165) is 16.8 Å². The summed E-state index contributed by atoms with van der Waals surface area (Å²) >= 11 is 0. The minimum atomic E-state index is -1.27. The van der Waals surface area contributed by atoms with Crippen molar-refractivity contribution in [1.29, 1.82) is 0 Å². The molecule has 21 heavy (non-hydrogen) atoms. The molecule has 0 saturated carbocycles. The van der Waals surface area contributed by atoms with E-state index in [0.29, 0.717) is 5.69 Å². The van der Waals surface area contributed by atoms with Crippen molar-refractivity contribution in [3.8, 4) is 0 Å². The van der Waals surface area contributed by atoms with E-state index in [2.05, 4.69) is 5.32 Å². The number of benzene rings is 2. The molecule has 3 N–H and O–H groups in total. The van der Waals surface area contributed by atoms with E-state index in [1.807, 2.05) is 32.0 Å². The summed E-state index contributed by atoms with van der Waals surface area (Å²) < 4.78 is 0. The third-order valence-electron chi connectivity index (χ3n) is 2.99. The lowest BCUT2D eigenvalue weighted by atomic mass is 10.1. The van der Waals surface area contributed by atoms with Crippen molar-refractivity contribution in [2.24, 2.45) is 0 Å². The number of hydrogen-bond acceptors (Lipinski definition) is 3. The Morgan fingerprint density at radius 2 is 1.38 bits per heavy atom. The van der Waals surface area contributed by atoms with E-state index in [9.17, 15) is 9.59 Å². The van der Waals surface area contributed by atoms with Crippen LogP contribution in [0.1, 0.15) is 31.8 Å². The third-order valence-corrected chi connectivity index (χ3v) is 2.99. The standard InChI is InChI=1S/C16H15NO4/c1-9-5-10(2)7-12(6-9)17-11-3-4-13(15(18)19)14(8-11)16(20)21/h3-8,17H,1-2H3,(H,18,19)(H,20,21). The lowest BCUT2D eigenvalue weighted by Gasteiger charge is -2.10. The summed E-state index contributed by atoms with van der Waals surface area (Å²) in [6.45, 7) is 3.93. The van der Waals surface area contributed by atoms with Gasteiger partial charge >= 0.3 is 11.9 Å². The van der Waals surface area contributed by atoms with Crippen molar-refractivity contribution in [2.45, 2.75) is 13.8 Å². The number of nitrogens with one attached hydrogen (secondary N) is 1. The smallest absolute Gasteiger partial charge is 0.336 e. The van der Waals surface area contributed by atoms with Crippen LogP contribution in [-0.4, -0.2) is 22.2 Å². The first-order valence-electron chi connectivity index (χ1n) is 6.33. The number of anilines is 2. The van der Waals surface area contributed by atoms with Gasteiger partial charge in [0, 0.05) is 11.4 Å². The monoisotopic (exact) mass is 285 g/mol. The highest BCUT2D eigenvalue weighted by molar-refractivity contribution is 6.02. The van der Waals surface area contributed by atoms with Crippen molar-refractivity contribution in [2.75, 3.05) is 5.32 Å². The number of carboxylic acid groups (broad SMARTS) is 2. The average Bonchev–Trinajstić information content (AvgIpc) is 2.36. The zero-order valence-electron chi connectivity index (χ0n) is 11.7. The van der Waals surface area contributed by atoms with Crippen LogP contribution in [0.5, 0.6) is 0 Å². The van der Waals surface area contributed by atoms with Crippen LogP contribution >= 0.6 is 0 Å². The average molecular weight is 285 g/mol. The van der Waals surface area contributed by atoms with Gasteiger partial charge in [0.1, 0.15) is 0 Å². The molecule has 0 fully saturated rings. The molecule has 0 unspecified atom stereocenters. The Bertz CT molecular complexity index is 702. The second-order valence-electron chi connectivity index (χ2n) is 4.87. The van der Waals surface area contributed by atoms with E-state index in [1.165, 1.54) is 12.1 Å². The van der Waals surface area contributed by atoms with Crippen molar-refractivity contribution < 1.29 is 19.8 Å². The van der Waals surface area contributed by atoms with E-state index >= 15 is 0 Å². The second-order valence-corrected chi connectivity index (χ2v) is 4.87. The lowest BCUT2D eigenvalue weighted by Crippen LogP contribution is -2.08. The Morgan fingerprint density at radius 3 is 1.90 bits per heavy atom. The Morgan fingerprint density at radius 1 is 0.810 bits per heavy atom. The molecule has 0 atom stereocenters. The van der Waals surface area contributed by atoms with Gasteiger partial charge in [0.15, 0.2) is 0 Å². The summed E-state index contributed by atoms with van der Waals surface area (Å²) in [7, 11) is 0.